The molecule has 1 saturated carbocycles. The first-order valence-corrected chi connectivity index (χ1v) is 12.8. The van der Waals surface area contributed by atoms with Crippen LogP contribution in [0.3, 0.4) is 0 Å². The molecule has 2 aromatic rings. The smallest absolute Gasteiger partial charge is 0.223 e. The summed E-state index contributed by atoms with van der Waals surface area (Å²) >= 11 is 6.19. The number of nitrogens with one attached hydrogen (secondary N) is 1. The van der Waals surface area contributed by atoms with E-state index >= 15 is 0 Å². The monoisotopic (exact) mass is 483 g/mol. The Hall–Kier alpha value is -2.60. The van der Waals surface area contributed by atoms with Gasteiger partial charge in [0.1, 0.15) is 5.75 Å². The van der Waals surface area contributed by atoms with Gasteiger partial charge in [0.2, 0.25) is 5.95 Å². The molecule has 0 amide bonds. The quantitative estimate of drug-likeness (QED) is 0.277. The van der Waals surface area contributed by atoms with Crippen molar-refractivity contribution >= 4 is 35.0 Å². The molecule has 2 unspecified atom stereocenters. The maximum Gasteiger partial charge on any atom is 0.223 e. The summed E-state index contributed by atoms with van der Waals surface area (Å²) in [6, 6.07) is 6.95. The lowest BCUT2D eigenvalue weighted by Gasteiger charge is -2.14. The second-order valence-electron chi connectivity index (χ2n) is 9.66. The highest BCUT2D eigenvalue weighted by Crippen LogP contribution is 2.30. The lowest BCUT2D eigenvalue weighted by Crippen LogP contribution is -2.12. The van der Waals surface area contributed by atoms with E-state index in [1.165, 1.54) is 38.2 Å². The van der Waals surface area contributed by atoms with Gasteiger partial charge >= 0.3 is 0 Å². The Labute approximate surface area is 208 Å². The largest absolute Gasteiger partial charge is 0.508 e. The van der Waals surface area contributed by atoms with Gasteiger partial charge < -0.3 is 16.2 Å². The van der Waals surface area contributed by atoms with Gasteiger partial charge in [0.25, 0.3) is 0 Å². The number of nitrogens with two attached hydrogens (primary N) is 1. The van der Waals surface area contributed by atoms with Crippen LogP contribution in [0.25, 0.3) is 11.3 Å². The van der Waals surface area contributed by atoms with Crippen molar-refractivity contribution in [1.29, 1.82) is 0 Å². The molecule has 7 heteroatoms. The minimum Gasteiger partial charge on any atom is -0.508 e. The van der Waals surface area contributed by atoms with Crippen LogP contribution in [-0.2, 0) is 0 Å². The predicted octanol–water partition coefficient (Wildman–Crippen LogP) is 6.55. The summed E-state index contributed by atoms with van der Waals surface area (Å²) < 4.78 is 0. The van der Waals surface area contributed by atoms with Gasteiger partial charge in [0.15, 0.2) is 0 Å². The van der Waals surface area contributed by atoms with Crippen LogP contribution in [-0.4, -0.2) is 33.9 Å². The van der Waals surface area contributed by atoms with Crippen LogP contribution in [0.4, 0.5) is 5.95 Å². The highest BCUT2D eigenvalue weighted by Gasteiger charge is 2.18. The van der Waals surface area contributed by atoms with E-state index in [0.717, 1.165) is 25.3 Å². The topological polar surface area (TPSA) is 96.4 Å². The SMILES string of the molecule is CCCC1CCCC(N=CC(=C(N)c2cc(O)cc(Cl)c2)c2ccnc(NCC(C)C)n2)CC1. The Balaban J connectivity index is 1.94. The number of phenolic OH excluding ortho intramolecular Hbond substituents is 1. The highest BCUT2D eigenvalue weighted by atomic mass is 35.5. The molecule has 1 heterocycles. The lowest BCUT2D eigenvalue weighted by atomic mass is 9.95. The van der Waals surface area contributed by atoms with Crippen LogP contribution >= 0.6 is 11.6 Å². The van der Waals surface area contributed by atoms with Crippen LogP contribution in [0.15, 0.2) is 35.5 Å². The summed E-state index contributed by atoms with van der Waals surface area (Å²) in [6.07, 6.45) is 12.0. The fourth-order valence-corrected chi connectivity index (χ4v) is 4.66. The third-order valence-corrected chi connectivity index (χ3v) is 6.47. The first kappa shape index (κ1) is 26.0. The number of aliphatic imine (C=N–C) groups is 1. The van der Waals surface area contributed by atoms with Crippen LogP contribution in [0.5, 0.6) is 5.75 Å². The average Bonchev–Trinajstić information content (AvgIpc) is 3.03. The molecule has 4 N–H and O–H groups in total. The normalized spacial score (nSPS) is 19.8. The summed E-state index contributed by atoms with van der Waals surface area (Å²) in [7, 11) is 0. The number of aromatic hydroxyl groups is 1. The minimum atomic E-state index is 0.0643. The molecule has 0 bridgehead atoms. The molecule has 0 saturated heterocycles. The van der Waals surface area contributed by atoms with Crippen molar-refractivity contribution in [2.75, 3.05) is 11.9 Å². The van der Waals surface area contributed by atoms with E-state index in [9.17, 15) is 5.11 Å². The zero-order valence-corrected chi connectivity index (χ0v) is 21.4. The molecule has 184 valence electrons. The molecular formula is C27H38ClN5O. The Morgan fingerprint density at radius 2 is 2.09 bits per heavy atom. The third-order valence-electron chi connectivity index (χ3n) is 6.25. The van der Waals surface area contributed by atoms with Crippen molar-refractivity contribution in [2.24, 2.45) is 22.6 Å². The van der Waals surface area contributed by atoms with Crippen LogP contribution in [0.2, 0.25) is 5.02 Å². The molecule has 0 aliphatic heterocycles. The molecular weight excluding hydrogens is 446 g/mol. The average molecular weight is 484 g/mol. The summed E-state index contributed by atoms with van der Waals surface area (Å²) in [6.45, 7) is 7.31. The van der Waals surface area contributed by atoms with Gasteiger partial charge in [-0.15, -0.1) is 0 Å². The van der Waals surface area contributed by atoms with Gasteiger partial charge in [-0.25, -0.2) is 9.97 Å². The van der Waals surface area contributed by atoms with E-state index in [2.05, 4.69) is 31.1 Å². The van der Waals surface area contributed by atoms with Crippen LogP contribution in [0, 0.1) is 11.8 Å². The highest BCUT2D eigenvalue weighted by molar-refractivity contribution is 6.31. The number of hydrogen-bond acceptors (Lipinski definition) is 6. The summed E-state index contributed by atoms with van der Waals surface area (Å²) in [4.78, 5) is 14.0. The summed E-state index contributed by atoms with van der Waals surface area (Å²) in [5, 5.41) is 13.8. The number of rotatable bonds is 9. The number of benzene rings is 1. The van der Waals surface area contributed by atoms with Crippen LogP contribution in [0.1, 0.15) is 77.0 Å². The molecule has 6 nitrogen and oxygen atoms in total. The predicted molar refractivity (Wildman–Crippen MR) is 143 cm³/mol. The molecule has 1 aromatic carbocycles. The zero-order valence-electron chi connectivity index (χ0n) is 20.6. The van der Waals surface area contributed by atoms with Crippen molar-refractivity contribution in [3.8, 4) is 5.75 Å². The maximum atomic E-state index is 10.1. The molecule has 1 aliphatic rings. The fraction of sp³-hybridized carbons (Fsp3) is 0.519. The zero-order chi connectivity index (χ0) is 24.5. The first-order chi connectivity index (χ1) is 16.4. The molecule has 0 spiro atoms. The van der Waals surface area contributed by atoms with Gasteiger partial charge in [0, 0.05) is 41.2 Å². The Morgan fingerprint density at radius 1 is 1.26 bits per heavy atom. The van der Waals surface area contributed by atoms with E-state index < -0.39 is 0 Å². The maximum absolute atomic E-state index is 10.1. The Morgan fingerprint density at radius 3 is 2.82 bits per heavy atom. The molecule has 1 aromatic heterocycles. The van der Waals surface area contributed by atoms with Crippen molar-refractivity contribution in [1.82, 2.24) is 9.97 Å². The van der Waals surface area contributed by atoms with Gasteiger partial charge in [-0.05, 0) is 55.4 Å². The van der Waals surface area contributed by atoms with Gasteiger partial charge in [-0.2, -0.15) is 0 Å². The molecule has 3 rings (SSSR count). The van der Waals surface area contributed by atoms with E-state index in [1.807, 2.05) is 12.3 Å². The molecule has 1 aliphatic carbocycles. The number of nitrogens with zero attached hydrogens (tertiary/aromatic N) is 3. The van der Waals surface area contributed by atoms with Gasteiger partial charge in [-0.1, -0.05) is 58.1 Å². The van der Waals surface area contributed by atoms with Crippen molar-refractivity contribution in [3.63, 3.8) is 0 Å². The number of allylic oxidation sites excluding steroid dienone is 1. The van der Waals surface area contributed by atoms with E-state index in [4.69, 9.17) is 27.3 Å². The number of halogens is 1. The van der Waals surface area contributed by atoms with E-state index in [-0.39, 0.29) is 11.8 Å². The number of anilines is 1. The standard InChI is InChI=1S/C27H38ClN5O/c1-4-6-19-7-5-8-22(10-9-19)31-17-24(26(29)20-13-21(28)15-23(34)14-20)25-11-12-30-27(33-25)32-16-18(2)3/h11-15,17-19,22,34H,4-10,16,29H2,1-3H3,(H,30,32,33). The van der Waals surface area contributed by atoms with Crippen molar-refractivity contribution < 1.29 is 5.11 Å². The second kappa shape index (κ2) is 12.7. The Kier molecular flexibility index (Phi) is 9.75. The number of hydrogen-bond donors (Lipinski definition) is 3. The van der Waals surface area contributed by atoms with Gasteiger partial charge in [0.05, 0.1) is 11.4 Å². The molecule has 34 heavy (non-hydrogen) atoms. The molecule has 2 atom stereocenters. The lowest BCUT2D eigenvalue weighted by molar-refractivity contribution is 0.421. The minimum absolute atomic E-state index is 0.0643. The summed E-state index contributed by atoms with van der Waals surface area (Å²) in [5.74, 6) is 1.90. The fourth-order valence-electron chi connectivity index (χ4n) is 4.43. The Bertz CT molecular complexity index is 984. The number of aromatic nitrogens is 2. The second-order valence-corrected chi connectivity index (χ2v) is 10.1. The third kappa shape index (κ3) is 7.73. The van der Waals surface area contributed by atoms with Crippen LogP contribution < -0.4 is 11.1 Å². The first-order valence-electron chi connectivity index (χ1n) is 12.5. The van der Waals surface area contributed by atoms with Crippen molar-refractivity contribution in [3.05, 3.63) is 46.7 Å². The molecule has 0 radical (unpaired) electrons. The van der Waals surface area contributed by atoms with Crippen molar-refractivity contribution in [2.45, 2.75) is 71.8 Å². The van der Waals surface area contributed by atoms with Gasteiger partial charge in [-0.3, -0.25) is 4.99 Å². The summed E-state index contributed by atoms with van der Waals surface area (Å²) in [5.41, 5.74) is 9.10. The number of phenols is 1. The van der Waals surface area contributed by atoms with E-state index in [0.29, 0.717) is 39.4 Å². The van der Waals surface area contributed by atoms with E-state index in [1.54, 1.807) is 18.3 Å². The molecule has 1 fully saturated rings.